The summed E-state index contributed by atoms with van der Waals surface area (Å²) in [6, 6.07) is 17.7. The van der Waals surface area contributed by atoms with Crippen molar-refractivity contribution in [1.82, 2.24) is 0 Å². The van der Waals surface area contributed by atoms with E-state index in [-0.39, 0.29) is 5.78 Å². The van der Waals surface area contributed by atoms with Crippen molar-refractivity contribution in [3.05, 3.63) is 77.4 Å². The molecule has 1 heteroatoms. The Labute approximate surface area is 108 Å². The normalized spacial score (nSPS) is 10.7. The van der Waals surface area contributed by atoms with E-state index in [0.717, 1.165) is 11.1 Å². The number of aryl methyl sites for hydroxylation is 1. The summed E-state index contributed by atoms with van der Waals surface area (Å²) in [6.45, 7) is 2.02. The Morgan fingerprint density at radius 3 is 2.33 bits per heavy atom. The number of hydrogen-bond donors (Lipinski definition) is 0. The third-order valence-corrected chi connectivity index (χ3v) is 2.79. The summed E-state index contributed by atoms with van der Waals surface area (Å²) >= 11 is 0. The highest BCUT2D eigenvalue weighted by atomic mass is 16.1. The van der Waals surface area contributed by atoms with Gasteiger partial charge in [0, 0.05) is 12.0 Å². The number of hydrogen-bond acceptors (Lipinski definition) is 1. The molecule has 0 atom stereocenters. The maximum atomic E-state index is 11.9. The zero-order valence-corrected chi connectivity index (χ0v) is 10.5. The van der Waals surface area contributed by atoms with Gasteiger partial charge in [0.2, 0.25) is 0 Å². The van der Waals surface area contributed by atoms with Gasteiger partial charge in [0.1, 0.15) is 0 Å². The van der Waals surface area contributed by atoms with E-state index in [2.05, 4.69) is 0 Å². The molecule has 0 aliphatic rings. The minimum atomic E-state index is 0.155. The van der Waals surface area contributed by atoms with E-state index in [1.807, 2.05) is 73.7 Å². The first-order valence-corrected chi connectivity index (χ1v) is 6.07. The minimum Gasteiger partial charge on any atom is -0.294 e. The zero-order chi connectivity index (χ0) is 12.8. The fraction of sp³-hybridized carbons (Fsp3) is 0.118. The van der Waals surface area contributed by atoms with E-state index in [9.17, 15) is 4.79 Å². The first-order valence-electron chi connectivity index (χ1n) is 6.07. The lowest BCUT2D eigenvalue weighted by atomic mass is 10.1. The molecular formula is C17H16O. The molecule has 0 aliphatic carbocycles. The summed E-state index contributed by atoms with van der Waals surface area (Å²) in [4.78, 5) is 11.9. The van der Waals surface area contributed by atoms with E-state index in [1.165, 1.54) is 5.56 Å². The maximum Gasteiger partial charge on any atom is 0.166 e. The lowest BCUT2D eigenvalue weighted by molar-refractivity contribution is 0.0996. The Morgan fingerprint density at radius 1 is 1.00 bits per heavy atom. The fourth-order valence-corrected chi connectivity index (χ4v) is 1.72. The van der Waals surface area contributed by atoms with Crippen LogP contribution in [0.15, 0.2) is 60.7 Å². The van der Waals surface area contributed by atoms with E-state index in [0.29, 0.717) is 6.42 Å². The summed E-state index contributed by atoms with van der Waals surface area (Å²) in [6.07, 6.45) is 4.33. The van der Waals surface area contributed by atoms with Crippen molar-refractivity contribution < 1.29 is 4.79 Å². The molecule has 0 amide bonds. The van der Waals surface area contributed by atoms with Gasteiger partial charge in [-0.1, -0.05) is 72.3 Å². The number of rotatable bonds is 4. The smallest absolute Gasteiger partial charge is 0.166 e. The molecule has 2 aromatic rings. The van der Waals surface area contributed by atoms with Gasteiger partial charge < -0.3 is 0 Å². The molecule has 1 nitrogen and oxygen atoms in total. The van der Waals surface area contributed by atoms with E-state index < -0.39 is 0 Å². The number of benzene rings is 2. The van der Waals surface area contributed by atoms with Crippen molar-refractivity contribution in [2.45, 2.75) is 13.3 Å². The summed E-state index contributed by atoms with van der Waals surface area (Å²) in [5.74, 6) is 0.155. The quantitative estimate of drug-likeness (QED) is 0.724. The van der Waals surface area contributed by atoms with Crippen LogP contribution >= 0.6 is 0 Å². The Morgan fingerprint density at radius 2 is 1.67 bits per heavy atom. The molecule has 0 bridgehead atoms. The summed E-state index contributed by atoms with van der Waals surface area (Å²) < 4.78 is 0. The molecule has 0 unspecified atom stereocenters. The Balaban J connectivity index is 1.96. The van der Waals surface area contributed by atoms with Crippen LogP contribution in [-0.2, 0) is 0 Å². The number of carbonyl (C=O) groups is 1. The first-order chi connectivity index (χ1) is 8.75. The molecule has 0 saturated heterocycles. The van der Waals surface area contributed by atoms with E-state index >= 15 is 0 Å². The van der Waals surface area contributed by atoms with E-state index in [1.54, 1.807) is 0 Å². The molecule has 2 rings (SSSR count). The summed E-state index contributed by atoms with van der Waals surface area (Å²) in [5.41, 5.74) is 3.07. The van der Waals surface area contributed by atoms with Crippen molar-refractivity contribution in [2.24, 2.45) is 0 Å². The SMILES string of the molecule is Cc1ccc(C(=O)CC=Cc2ccccc2)cc1. The topological polar surface area (TPSA) is 17.1 Å². The molecule has 90 valence electrons. The van der Waals surface area contributed by atoms with Gasteiger partial charge in [-0.05, 0) is 12.5 Å². The fourth-order valence-electron chi connectivity index (χ4n) is 1.72. The highest BCUT2D eigenvalue weighted by Crippen LogP contribution is 2.08. The number of Topliss-reactive ketones (excluding diaryl/α,β-unsaturated/α-hetero) is 1. The maximum absolute atomic E-state index is 11.9. The van der Waals surface area contributed by atoms with Crippen molar-refractivity contribution in [1.29, 1.82) is 0 Å². The summed E-state index contributed by atoms with van der Waals surface area (Å²) in [7, 11) is 0. The van der Waals surface area contributed by atoms with Crippen molar-refractivity contribution in [3.8, 4) is 0 Å². The van der Waals surface area contributed by atoms with E-state index in [4.69, 9.17) is 0 Å². The lowest BCUT2D eigenvalue weighted by Gasteiger charge is -1.98. The van der Waals surface area contributed by atoms with Crippen LogP contribution < -0.4 is 0 Å². The third-order valence-electron chi connectivity index (χ3n) is 2.79. The number of ketones is 1. The molecule has 2 aromatic carbocycles. The molecular weight excluding hydrogens is 220 g/mol. The Hall–Kier alpha value is -2.15. The molecule has 0 spiro atoms. The average Bonchev–Trinajstić information content (AvgIpc) is 2.40. The van der Waals surface area contributed by atoms with Crippen molar-refractivity contribution in [3.63, 3.8) is 0 Å². The van der Waals surface area contributed by atoms with Gasteiger partial charge in [0.05, 0.1) is 0 Å². The Kier molecular flexibility index (Phi) is 4.08. The number of carbonyl (C=O) groups excluding carboxylic acids is 1. The van der Waals surface area contributed by atoms with Crippen LogP contribution in [-0.4, -0.2) is 5.78 Å². The molecule has 0 aliphatic heterocycles. The highest BCUT2D eigenvalue weighted by molar-refractivity contribution is 5.97. The third kappa shape index (κ3) is 3.42. The first kappa shape index (κ1) is 12.3. The molecule has 18 heavy (non-hydrogen) atoms. The van der Waals surface area contributed by atoms with Crippen LogP contribution in [0.4, 0.5) is 0 Å². The highest BCUT2D eigenvalue weighted by Gasteiger charge is 2.02. The van der Waals surface area contributed by atoms with Crippen LogP contribution in [0.2, 0.25) is 0 Å². The largest absolute Gasteiger partial charge is 0.294 e. The predicted molar refractivity (Wildman–Crippen MR) is 75.6 cm³/mol. The molecule has 0 radical (unpaired) electrons. The van der Waals surface area contributed by atoms with Crippen LogP contribution in [0, 0.1) is 6.92 Å². The Bertz CT molecular complexity index is 536. The van der Waals surface area contributed by atoms with Gasteiger partial charge in [-0.3, -0.25) is 4.79 Å². The second-order valence-corrected chi connectivity index (χ2v) is 4.31. The van der Waals surface area contributed by atoms with Crippen molar-refractivity contribution >= 4 is 11.9 Å². The molecule has 0 fully saturated rings. The van der Waals surface area contributed by atoms with Gasteiger partial charge in [-0.25, -0.2) is 0 Å². The van der Waals surface area contributed by atoms with Gasteiger partial charge in [0.15, 0.2) is 5.78 Å². The van der Waals surface area contributed by atoms with Crippen molar-refractivity contribution in [2.75, 3.05) is 0 Å². The summed E-state index contributed by atoms with van der Waals surface area (Å²) in [5, 5.41) is 0. The van der Waals surface area contributed by atoms with Gasteiger partial charge in [-0.15, -0.1) is 0 Å². The molecule has 0 N–H and O–H groups in total. The minimum absolute atomic E-state index is 0.155. The predicted octanol–water partition coefficient (Wildman–Crippen LogP) is 4.28. The molecule has 0 heterocycles. The van der Waals surface area contributed by atoms with Gasteiger partial charge in [-0.2, -0.15) is 0 Å². The van der Waals surface area contributed by atoms with Crippen LogP contribution in [0.3, 0.4) is 0 Å². The van der Waals surface area contributed by atoms with Crippen LogP contribution in [0.25, 0.3) is 6.08 Å². The zero-order valence-electron chi connectivity index (χ0n) is 10.5. The standard InChI is InChI=1S/C17H16O/c1-14-10-12-16(13-11-14)17(18)9-5-8-15-6-3-2-4-7-15/h2-8,10-13H,9H2,1H3. The van der Waals surface area contributed by atoms with Crippen LogP contribution in [0.5, 0.6) is 0 Å². The lowest BCUT2D eigenvalue weighted by Crippen LogP contribution is -1.96. The average molecular weight is 236 g/mol. The molecule has 0 saturated carbocycles. The number of allylic oxidation sites excluding steroid dienone is 1. The second-order valence-electron chi connectivity index (χ2n) is 4.31. The van der Waals surface area contributed by atoms with Gasteiger partial charge >= 0.3 is 0 Å². The molecule has 0 aromatic heterocycles. The van der Waals surface area contributed by atoms with Gasteiger partial charge in [0.25, 0.3) is 0 Å². The van der Waals surface area contributed by atoms with Crippen LogP contribution in [0.1, 0.15) is 27.9 Å². The monoisotopic (exact) mass is 236 g/mol. The second kappa shape index (κ2) is 5.97.